The highest BCUT2D eigenvalue weighted by Gasteiger charge is 2.08. The first kappa shape index (κ1) is 19.7. The van der Waals surface area contributed by atoms with E-state index in [9.17, 15) is 0 Å². The number of rotatable bonds is 15. The number of aliphatic hydroxyl groups is 1. The molecule has 0 radical (unpaired) electrons. The standard InChI is InChI=1S/C13H29NO6/c1-14(2)13(16-3)12-20-11-10-19-9-8-18-7-6-17-5-4-15/h13,15H,4-12H2,1-3H3. The van der Waals surface area contributed by atoms with E-state index in [1.54, 1.807) is 7.11 Å². The van der Waals surface area contributed by atoms with E-state index in [0.717, 1.165) is 0 Å². The van der Waals surface area contributed by atoms with Crippen molar-refractivity contribution in [2.24, 2.45) is 0 Å². The van der Waals surface area contributed by atoms with Gasteiger partial charge < -0.3 is 28.8 Å². The number of likely N-dealkylation sites (N-methyl/N-ethyl adjacent to an activating group) is 1. The summed E-state index contributed by atoms with van der Waals surface area (Å²) < 4.78 is 26.3. The molecule has 7 heteroatoms. The minimum absolute atomic E-state index is 0.0303. The largest absolute Gasteiger partial charge is 0.394 e. The average molecular weight is 295 g/mol. The molecule has 0 aromatic carbocycles. The van der Waals surface area contributed by atoms with Gasteiger partial charge in [-0.1, -0.05) is 0 Å². The van der Waals surface area contributed by atoms with Crippen molar-refractivity contribution in [2.75, 3.05) is 80.7 Å². The van der Waals surface area contributed by atoms with Crippen LogP contribution in [0, 0.1) is 0 Å². The normalized spacial score (nSPS) is 13.1. The van der Waals surface area contributed by atoms with Crippen molar-refractivity contribution in [2.45, 2.75) is 6.23 Å². The molecule has 0 aromatic heterocycles. The van der Waals surface area contributed by atoms with Gasteiger partial charge in [0.1, 0.15) is 6.23 Å². The maximum atomic E-state index is 8.48. The Morgan fingerprint density at radius 3 is 1.65 bits per heavy atom. The minimum Gasteiger partial charge on any atom is -0.394 e. The van der Waals surface area contributed by atoms with Crippen molar-refractivity contribution in [3.05, 3.63) is 0 Å². The maximum Gasteiger partial charge on any atom is 0.133 e. The van der Waals surface area contributed by atoms with E-state index in [0.29, 0.717) is 52.9 Å². The number of hydrogen-bond acceptors (Lipinski definition) is 7. The summed E-state index contributed by atoms with van der Waals surface area (Å²) in [5.74, 6) is 0. The molecule has 0 rings (SSSR count). The van der Waals surface area contributed by atoms with E-state index in [1.807, 2.05) is 19.0 Å². The van der Waals surface area contributed by atoms with Gasteiger partial charge in [-0.05, 0) is 14.1 Å². The molecule has 0 saturated carbocycles. The third-order valence-corrected chi connectivity index (χ3v) is 2.46. The Balaban J connectivity index is 3.13. The molecule has 1 N–H and O–H groups in total. The van der Waals surface area contributed by atoms with Crippen LogP contribution in [-0.2, 0) is 23.7 Å². The molecule has 0 bridgehead atoms. The number of nitrogens with zero attached hydrogens (tertiary/aromatic N) is 1. The lowest BCUT2D eigenvalue weighted by Gasteiger charge is -2.22. The molecule has 0 aliphatic carbocycles. The first-order valence-corrected chi connectivity index (χ1v) is 6.83. The lowest BCUT2D eigenvalue weighted by molar-refractivity contribution is -0.0735. The third-order valence-electron chi connectivity index (χ3n) is 2.46. The number of hydrogen-bond donors (Lipinski definition) is 1. The molecule has 0 aliphatic heterocycles. The van der Waals surface area contributed by atoms with Gasteiger partial charge in [0.05, 0.1) is 59.5 Å². The lowest BCUT2D eigenvalue weighted by Crippen LogP contribution is -2.34. The van der Waals surface area contributed by atoms with Gasteiger partial charge in [0, 0.05) is 7.11 Å². The Kier molecular flexibility index (Phi) is 14.9. The van der Waals surface area contributed by atoms with Gasteiger partial charge in [0.25, 0.3) is 0 Å². The van der Waals surface area contributed by atoms with Crippen LogP contribution in [0.15, 0.2) is 0 Å². The van der Waals surface area contributed by atoms with Crippen LogP contribution < -0.4 is 0 Å². The quantitative estimate of drug-likeness (QED) is 0.325. The highest BCUT2D eigenvalue weighted by molar-refractivity contribution is 4.50. The summed E-state index contributed by atoms with van der Waals surface area (Å²) in [6.45, 7) is 4.05. The summed E-state index contributed by atoms with van der Waals surface area (Å²) in [6, 6.07) is 0. The molecule has 0 spiro atoms. The van der Waals surface area contributed by atoms with Crippen molar-refractivity contribution in [3.8, 4) is 0 Å². The first-order valence-electron chi connectivity index (χ1n) is 6.83. The molecular weight excluding hydrogens is 266 g/mol. The van der Waals surface area contributed by atoms with Crippen LogP contribution in [0.25, 0.3) is 0 Å². The number of ether oxygens (including phenoxy) is 5. The van der Waals surface area contributed by atoms with Crippen LogP contribution >= 0.6 is 0 Å². The molecule has 20 heavy (non-hydrogen) atoms. The minimum atomic E-state index is -0.0303. The van der Waals surface area contributed by atoms with Gasteiger partial charge in [-0.3, -0.25) is 4.90 Å². The topological polar surface area (TPSA) is 69.6 Å². The fraction of sp³-hybridized carbons (Fsp3) is 1.00. The second-order valence-corrected chi connectivity index (χ2v) is 4.29. The van der Waals surface area contributed by atoms with Crippen LogP contribution in [0.3, 0.4) is 0 Å². The van der Waals surface area contributed by atoms with E-state index in [4.69, 9.17) is 28.8 Å². The highest BCUT2D eigenvalue weighted by atomic mass is 16.6. The summed E-state index contributed by atoms with van der Waals surface area (Å²) in [4.78, 5) is 1.95. The summed E-state index contributed by atoms with van der Waals surface area (Å²) >= 11 is 0. The molecule has 1 atom stereocenters. The zero-order chi connectivity index (χ0) is 15.1. The van der Waals surface area contributed by atoms with Gasteiger partial charge in [-0.25, -0.2) is 0 Å². The van der Waals surface area contributed by atoms with Crippen LogP contribution in [0.5, 0.6) is 0 Å². The molecule has 0 aliphatic rings. The fourth-order valence-corrected chi connectivity index (χ4v) is 1.34. The van der Waals surface area contributed by atoms with Crippen molar-refractivity contribution >= 4 is 0 Å². The molecule has 122 valence electrons. The molecule has 1 unspecified atom stereocenters. The van der Waals surface area contributed by atoms with E-state index in [-0.39, 0.29) is 12.8 Å². The third kappa shape index (κ3) is 12.7. The predicted octanol–water partition coefficient (Wildman–Crippen LogP) is -0.421. The fourth-order valence-electron chi connectivity index (χ4n) is 1.34. The van der Waals surface area contributed by atoms with Gasteiger partial charge >= 0.3 is 0 Å². The van der Waals surface area contributed by atoms with Crippen molar-refractivity contribution < 1.29 is 28.8 Å². The van der Waals surface area contributed by atoms with Gasteiger partial charge in [-0.15, -0.1) is 0 Å². The molecular formula is C13H29NO6. The molecule has 0 aromatic rings. The maximum absolute atomic E-state index is 8.48. The predicted molar refractivity (Wildman–Crippen MR) is 74.8 cm³/mol. The van der Waals surface area contributed by atoms with E-state index in [1.165, 1.54) is 0 Å². The summed E-state index contributed by atoms with van der Waals surface area (Å²) in [7, 11) is 5.54. The van der Waals surface area contributed by atoms with Crippen LogP contribution in [0.1, 0.15) is 0 Å². The zero-order valence-electron chi connectivity index (χ0n) is 12.9. The van der Waals surface area contributed by atoms with Gasteiger partial charge in [0.15, 0.2) is 0 Å². The second kappa shape index (κ2) is 15.1. The van der Waals surface area contributed by atoms with Crippen molar-refractivity contribution in [3.63, 3.8) is 0 Å². The summed E-state index contributed by atoms with van der Waals surface area (Å²) in [6.07, 6.45) is -0.0303. The van der Waals surface area contributed by atoms with E-state index in [2.05, 4.69) is 0 Å². The zero-order valence-corrected chi connectivity index (χ0v) is 12.9. The lowest BCUT2D eigenvalue weighted by atomic mass is 10.5. The first-order chi connectivity index (χ1) is 9.72. The molecule has 0 fully saturated rings. The molecule has 0 saturated heterocycles. The Labute approximate surface area is 121 Å². The van der Waals surface area contributed by atoms with E-state index < -0.39 is 0 Å². The summed E-state index contributed by atoms with van der Waals surface area (Å²) in [5.41, 5.74) is 0. The number of methoxy groups -OCH3 is 1. The van der Waals surface area contributed by atoms with Gasteiger partial charge in [0.2, 0.25) is 0 Å². The Bertz CT molecular complexity index is 194. The number of aliphatic hydroxyl groups excluding tert-OH is 1. The average Bonchev–Trinajstić information content (AvgIpc) is 2.43. The summed E-state index contributed by atoms with van der Waals surface area (Å²) in [5, 5.41) is 8.48. The molecule has 0 amide bonds. The Morgan fingerprint density at radius 2 is 1.25 bits per heavy atom. The van der Waals surface area contributed by atoms with Crippen LogP contribution in [0.4, 0.5) is 0 Å². The van der Waals surface area contributed by atoms with Crippen LogP contribution in [-0.4, -0.2) is 96.9 Å². The monoisotopic (exact) mass is 295 g/mol. The highest BCUT2D eigenvalue weighted by Crippen LogP contribution is 1.94. The van der Waals surface area contributed by atoms with Gasteiger partial charge in [-0.2, -0.15) is 0 Å². The Morgan fingerprint density at radius 1 is 0.800 bits per heavy atom. The molecule has 7 nitrogen and oxygen atoms in total. The second-order valence-electron chi connectivity index (χ2n) is 4.29. The van der Waals surface area contributed by atoms with Crippen molar-refractivity contribution in [1.82, 2.24) is 4.90 Å². The smallest absolute Gasteiger partial charge is 0.133 e. The van der Waals surface area contributed by atoms with Crippen LogP contribution in [0.2, 0.25) is 0 Å². The molecule has 0 heterocycles. The van der Waals surface area contributed by atoms with E-state index >= 15 is 0 Å². The van der Waals surface area contributed by atoms with Crippen molar-refractivity contribution in [1.29, 1.82) is 0 Å². The SMILES string of the molecule is COC(COCCOCCOCCOCCO)N(C)C. The Hall–Kier alpha value is -0.280.